The van der Waals surface area contributed by atoms with Crippen LogP contribution in [0.5, 0.6) is 0 Å². The van der Waals surface area contributed by atoms with Crippen LogP contribution in [0.15, 0.2) is 41.5 Å². The quantitative estimate of drug-likeness (QED) is 0.199. The van der Waals surface area contributed by atoms with Gasteiger partial charge in [0.05, 0.1) is 5.56 Å². The molecule has 0 amide bonds. The smallest absolute Gasteiger partial charge is 0.338 e. The Kier molecular flexibility index (Phi) is 5.80. The summed E-state index contributed by atoms with van der Waals surface area (Å²) in [4.78, 5) is 25.3. The standard InChI is InChI=1S/C13H13N3O4/c1-9(2)12(17)19-7-8-20-13(18)10-3-5-11(6-4-10)15-16-14/h3-6H,1,7-8H2,2H3. The van der Waals surface area contributed by atoms with Crippen LogP contribution in [0.1, 0.15) is 17.3 Å². The minimum atomic E-state index is -0.552. The van der Waals surface area contributed by atoms with E-state index >= 15 is 0 Å². The SMILES string of the molecule is C=C(C)C(=O)OCCOC(=O)c1ccc(N=[N+]=[N-])cc1. The van der Waals surface area contributed by atoms with Gasteiger partial charge in [-0.05, 0) is 24.6 Å². The van der Waals surface area contributed by atoms with Crippen molar-refractivity contribution in [1.29, 1.82) is 0 Å². The molecule has 0 unspecified atom stereocenters. The number of nitrogens with zero attached hydrogens (tertiary/aromatic N) is 3. The van der Waals surface area contributed by atoms with Crippen molar-refractivity contribution in [3.8, 4) is 0 Å². The van der Waals surface area contributed by atoms with Crippen LogP contribution in [0.4, 0.5) is 5.69 Å². The number of carbonyl (C=O) groups excluding carboxylic acids is 2. The summed E-state index contributed by atoms with van der Waals surface area (Å²) in [5.41, 5.74) is 9.24. The molecule has 0 N–H and O–H groups in total. The van der Waals surface area contributed by atoms with E-state index in [2.05, 4.69) is 16.6 Å². The fourth-order valence-electron chi connectivity index (χ4n) is 1.19. The largest absolute Gasteiger partial charge is 0.459 e. The molecule has 0 saturated carbocycles. The van der Waals surface area contributed by atoms with Crippen LogP contribution < -0.4 is 0 Å². The molecule has 0 fully saturated rings. The zero-order chi connectivity index (χ0) is 15.0. The normalized spacial score (nSPS) is 9.25. The van der Waals surface area contributed by atoms with Crippen LogP contribution in [-0.2, 0) is 14.3 Å². The van der Waals surface area contributed by atoms with Crippen LogP contribution in [0.25, 0.3) is 10.4 Å². The number of ether oxygens (including phenoxy) is 2. The Balaban J connectivity index is 2.41. The molecule has 0 spiro atoms. The van der Waals surface area contributed by atoms with Gasteiger partial charge in [-0.15, -0.1) is 0 Å². The summed E-state index contributed by atoms with van der Waals surface area (Å²) in [6.07, 6.45) is 0. The van der Waals surface area contributed by atoms with E-state index in [1.165, 1.54) is 31.2 Å². The lowest BCUT2D eigenvalue weighted by Crippen LogP contribution is -2.14. The summed E-state index contributed by atoms with van der Waals surface area (Å²) in [7, 11) is 0. The van der Waals surface area contributed by atoms with Crippen LogP contribution in [0.2, 0.25) is 0 Å². The Morgan fingerprint density at radius 3 is 2.40 bits per heavy atom. The second-order valence-corrected chi connectivity index (χ2v) is 3.79. The number of carbonyl (C=O) groups is 2. The lowest BCUT2D eigenvalue weighted by atomic mass is 10.2. The first kappa shape index (κ1) is 15.3. The minimum Gasteiger partial charge on any atom is -0.459 e. The van der Waals surface area contributed by atoms with Gasteiger partial charge in [-0.3, -0.25) is 0 Å². The van der Waals surface area contributed by atoms with Crippen molar-refractivity contribution >= 4 is 17.6 Å². The molecule has 0 aliphatic heterocycles. The van der Waals surface area contributed by atoms with Gasteiger partial charge in [0.1, 0.15) is 13.2 Å². The number of hydrogen-bond donors (Lipinski definition) is 0. The topological polar surface area (TPSA) is 101 Å². The van der Waals surface area contributed by atoms with Gasteiger partial charge in [0.25, 0.3) is 0 Å². The molecule has 1 aromatic carbocycles. The fourth-order valence-corrected chi connectivity index (χ4v) is 1.19. The molecule has 0 saturated heterocycles. The predicted octanol–water partition coefficient (Wildman–Crippen LogP) is 2.90. The summed E-state index contributed by atoms with van der Waals surface area (Å²) in [6, 6.07) is 5.95. The monoisotopic (exact) mass is 275 g/mol. The third-order valence-electron chi connectivity index (χ3n) is 2.16. The average molecular weight is 275 g/mol. The van der Waals surface area contributed by atoms with Crippen molar-refractivity contribution in [3.05, 3.63) is 52.4 Å². The zero-order valence-corrected chi connectivity index (χ0v) is 10.9. The molecule has 1 rings (SSSR count). The summed E-state index contributed by atoms with van der Waals surface area (Å²) in [5.74, 6) is -1.08. The molecule has 0 aliphatic rings. The van der Waals surface area contributed by atoms with Gasteiger partial charge in [0, 0.05) is 16.2 Å². The fraction of sp³-hybridized carbons (Fsp3) is 0.231. The van der Waals surface area contributed by atoms with Gasteiger partial charge in [0.15, 0.2) is 0 Å². The minimum absolute atomic E-state index is 0.0335. The predicted molar refractivity (Wildman–Crippen MR) is 71.3 cm³/mol. The maximum Gasteiger partial charge on any atom is 0.338 e. The first-order chi connectivity index (χ1) is 9.54. The lowest BCUT2D eigenvalue weighted by molar-refractivity contribution is -0.140. The van der Waals surface area contributed by atoms with E-state index in [1.807, 2.05) is 0 Å². The van der Waals surface area contributed by atoms with Gasteiger partial charge in [-0.2, -0.15) is 0 Å². The number of esters is 2. The molecule has 0 atom stereocenters. The number of azide groups is 1. The third-order valence-corrected chi connectivity index (χ3v) is 2.16. The van der Waals surface area contributed by atoms with Crippen LogP contribution in [0.3, 0.4) is 0 Å². The summed E-state index contributed by atoms with van der Waals surface area (Å²) in [5, 5.41) is 3.38. The number of hydrogen-bond acceptors (Lipinski definition) is 5. The van der Waals surface area contributed by atoms with Gasteiger partial charge in [-0.1, -0.05) is 23.8 Å². The Morgan fingerprint density at radius 2 is 1.85 bits per heavy atom. The van der Waals surface area contributed by atoms with Crippen molar-refractivity contribution in [2.24, 2.45) is 5.11 Å². The second kappa shape index (κ2) is 7.60. The Labute approximate surface area is 115 Å². The van der Waals surface area contributed by atoms with E-state index in [0.717, 1.165) is 0 Å². The molecular weight excluding hydrogens is 262 g/mol. The molecule has 7 heteroatoms. The molecule has 0 radical (unpaired) electrons. The second-order valence-electron chi connectivity index (χ2n) is 3.79. The Morgan fingerprint density at radius 1 is 1.25 bits per heavy atom. The first-order valence-corrected chi connectivity index (χ1v) is 5.69. The van der Waals surface area contributed by atoms with Gasteiger partial charge in [0.2, 0.25) is 0 Å². The van der Waals surface area contributed by atoms with E-state index in [0.29, 0.717) is 11.3 Å². The highest BCUT2D eigenvalue weighted by atomic mass is 16.6. The Bertz CT molecular complexity index is 559. The zero-order valence-electron chi connectivity index (χ0n) is 10.9. The molecule has 7 nitrogen and oxygen atoms in total. The maximum absolute atomic E-state index is 11.6. The number of rotatable bonds is 6. The van der Waals surface area contributed by atoms with E-state index in [9.17, 15) is 9.59 Å². The van der Waals surface area contributed by atoms with Crippen LogP contribution in [-0.4, -0.2) is 25.2 Å². The highest BCUT2D eigenvalue weighted by Crippen LogP contribution is 2.13. The summed E-state index contributed by atoms with van der Waals surface area (Å²) < 4.78 is 9.68. The highest BCUT2D eigenvalue weighted by Gasteiger charge is 2.08. The molecular formula is C13H13N3O4. The first-order valence-electron chi connectivity index (χ1n) is 5.69. The van der Waals surface area contributed by atoms with Gasteiger partial charge < -0.3 is 9.47 Å². The van der Waals surface area contributed by atoms with Gasteiger partial charge >= 0.3 is 11.9 Å². The molecule has 104 valence electrons. The van der Waals surface area contributed by atoms with Gasteiger partial charge in [-0.25, -0.2) is 9.59 Å². The van der Waals surface area contributed by atoms with Crippen molar-refractivity contribution in [3.63, 3.8) is 0 Å². The van der Waals surface area contributed by atoms with Crippen molar-refractivity contribution in [2.45, 2.75) is 6.92 Å². The maximum atomic E-state index is 11.6. The number of benzene rings is 1. The van der Waals surface area contributed by atoms with Crippen molar-refractivity contribution in [1.82, 2.24) is 0 Å². The molecule has 0 heterocycles. The highest BCUT2D eigenvalue weighted by molar-refractivity contribution is 5.89. The van der Waals surface area contributed by atoms with E-state index < -0.39 is 11.9 Å². The van der Waals surface area contributed by atoms with Crippen molar-refractivity contribution < 1.29 is 19.1 Å². The average Bonchev–Trinajstić information content (AvgIpc) is 2.44. The molecule has 20 heavy (non-hydrogen) atoms. The molecule has 0 aromatic heterocycles. The van der Waals surface area contributed by atoms with E-state index in [-0.39, 0.29) is 18.8 Å². The lowest BCUT2D eigenvalue weighted by Gasteiger charge is -2.06. The van der Waals surface area contributed by atoms with Crippen molar-refractivity contribution in [2.75, 3.05) is 13.2 Å². The summed E-state index contributed by atoms with van der Waals surface area (Å²) in [6.45, 7) is 4.87. The van der Waals surface area contributed by atoms with Crippen LogP contribution >= 0.6 is 0 Å². The molecule has 0 bridgehead atoms. The summed E-state index contributed by atoms with van der Waals surface area (Å²) >= 11 is 0. The molecule has 0 aliphatic carbocycles. The Hall–Kier alpha value is -2.79. The molecule has 1 aromatic rings. The van der Waals surface area contributed by atoms with Crippen LogP contribution in [0, 0.1) is 0 Å². The van der Waals surface area contributed by atoms with E-state index in [4.69, 9.17) is 15.0 Å². The third kappa shape index (κ3) is 4.83. The van der Waals surface area contributed by atoms with E-state index in [1.54, 1.807) is 0 Å².